The van der Waals surface area contributed by atoms with Gasteiger partial charge in [0.05, 0.1) is 6.54 Å². The Morgan fingerprint density at radius 3 is 2.00 bits per heavy atom. The van der Waals surface area contributed by atoms with Crippen LogP contribution in [0, 0.1) is 13.8 Å². The van der Waals surface area contributed by atoms with Gasteiger partial charge in [-0.05, 0) is 55.3 Å². The van der Waals surface area contributed by atoms with E-state index in [0.29, 0.717) is 17.8 Å². The average Bonchev–Trinajstić information content (AvgIpc) is 2.52. The first-order valence-electron chi connectivity index (χ1n) is 7.98. The molecule has 5 nitrogen and oxygen atoms in total. The number of aryl methyl sites for hydroxylation is 2. The van der Waals surface area contributed by atoms with E-state index in [2.05, 4.69) is 22.0 Å². The maximum atomic E-state index is 12.1. The van der Waals surface area contributed by atoms with Crippen molar-refractivity contribution >= 4 is 28.9 Å². The minimum absolute atomic E-state index is 0.0602. The molecule has 126 valence electrons. The molecule has 0 aromatic heterocycles. The van der Waals surface area contributed by atoms with Crippen LogP contribution < -0.4 is 16.0 Å². The molecular weight excluding hydrogens is 302 g/mol. The van der Waals surface area contributed by atoms with E-state index < -0.39 is 0 Å². The molecule has 2 aromatic carbocycles. The Labute approximate surface area is 142 Å². The second kappa shape index (κ2) is 8.15. The molecule has 0 spiro atoms. The standard InChI is InChI=1S/C19H23N3O2/c1-4-18(23)21-15-6-5-7-16(11-15)22-19(24)12-20-17-9-13(2)8-14(3)10-17/h5-11,20H,4,12H2,1-3H3,(H,21,23)(H,22,24). The Morgan fingerprint density at radius 1 is 0.833 bits per heavy atom. The van der Waals surface area contributed by atoms with Crippen LogP contribution in [0.2, 0.25) is 0 Å². The van der Waals surface area contributed by atoms with Crippen molar-refractivity contribution in [2.75, 3.05) is 22.5 Å². The molecule has 24 heavy (non-hydrogen) atoms. The molecule has 0 bridgehead atoms. The van der Waals surface area contributed by atoms with Gasteiger partial charge in [-0.3, -0.25) is 9.59 Å². The average molecular weight is 325 g/mol. The van der Waals surface area contributed by atoms with E-state index in [1.807, 2.05) is 26.0 Å². The summed E-state index contributed by atoms with van der Waals surface area (Å²) in [6, 6.07) is 13.2. The van der Waals surface area contributed by atoms with Crippen LogP contribution in [0.25, 0.3) is 0 Å². The summed E-state index contributed by atoms with van der Waals surface area (Å²) in [5, 5.41) is 8.71. The monoisotopic (exact) mass is 325 g/mol. The molecule has 0 atom stereocenters. The predicted molar refractivity (Wildman–Crippen MR) is 98.4 cm³/mol. The summed E-state index contributed by atoms with van der Waals surface area (Å²) >= 11 is 0. The summed E-state index contributed by atoms with van der Waals surface area (Å²) in [6.45, 7) is 6.01. The SMILES string of the molecule is CCC(=O)Nc1cccc(NC(=O)CNc2cc(C)cc(C)c2)c1. The fourth-order valence-electron chi connectivity index (χ4n) is 2.39. The number of amides is 2. The topological polar surface area (TPSA) is 70.2 Å². The number of benzene rings is 2. The van der Waals surface area contributed by atoms with Crippen LogP contribution in [-0.2, 0) is 9.59 Å². The second-order valence-corrected chi connectivity index (χ2v) is 5.76. The molecule has 2 rings (SSSR count). The lowest BCUT2D eigenvalue weighted by molar-refractivity contribution is -0.116. The normalized spacial score (nSPS) is 10.1. The maximum Gasteiger partial charge on any atom is 0.243 e. The zero-order valence-corrected chi connectivity index (χ0v) is 14.3. The number of carbonyl (C=O) groups is 2. The van der Waals surface area contributed by atoms with E-state index in [9.17, 15) is 9.59 Å². The van der Waals surface area contributed by atoms with E-state index in [1.165, 1.54) is 0 Å². The van der Waals surface area contributed by atoms with Crippen molar-refractivity contribution in [2.24, 2.45) is 0 Å². The highest BCUT2D eigenvalue weighted by Crippen LogP contribution is 2.16. The van der Waals surface area contributed by atoms with E-state index in [0.717, 1.165) is 16.8 Å². The summed E-state index contributed by atoms with van der Waals surface area (Å²) in [5.74, 6) is -0.205. The lowest BCUT2D eigenvalue weighted by atomic mass is 10.1. The summed E-state index contributed by atoms with van der Waals surface area (Å²) in [4.78, 5) is 23.5. The van der Waals surface area contributed by atoms with Gasteiger partial charge in [0.15, 0.2) is 0 Å². The number of rotatable bonds is 6. The number of carbonyl (C=O) groups excluding carboxylic acids is 2. The molecule has 2 aromatic rings. The highest BCUT2D eigenvalue weighted by Gasteiger charge is 2.05. The van der Waals surface area contributed by atoms with E-state index in [1.54, 1.807) is 31.2 Å². The first-order chi connectivity index (χ1) is 11.5. The number of hydrogen-bond donors (Lipinski definition) is 3. The van der Waals surface area contributed by atoms with Crippen molar-refractivity contribution in [3.05, 3.63) is 53.6 Å². The van der Waals surface area contributed by atoms with Crippen LogP contribution >= 0.6 is 0 Å². The maximum absolute atomic E-state index is 12.1. The van der Waals surface area contributed by atoms with Gasteiger partial charge in [0.1, 0.15) is 0 Å². The van der Waals surface area contributed by atoms with Crippen molar-refractivity contribution in [3.8, 4) is 0 Å². The molecule has 0 fully saturated rings. The zero-order chi connectivity index (χ0) is 17.5. The molecule has 0 saturated heterocycles. The van der Waals surface area contributed by atoms with Gasteiger partial charge in [-0.15, -0.1) is 0 Å². The van der Waals surface area contributed by atoms with Crippen LogP contribution in [0.3, 0.4) is 0 Å². The van der Waals surface area contributed by atoms with Crippen molar-refractivity contribution in [2.45, 2.75) is 27.2 Å². The van der Waals surface area contributed by atoms with Gasteiger partial charge >= 0.3 is 0 Å². The third kappa shape index (κ3) is 5.43. The van der Waals surface area contributed by atoms with E-state index in [-0.39, 0.29) is 18.4 Å². The summed E-state index contributed by atoms with van der Waals surface area (Å²) in [5.41, 5.74) is 4.54. The lowest BCUT2D eigenvalue weighted by Crippen LogP contribution is -2.22. The predicted octanol–water partition coefficient (Wildman–Crippen LogP) is 3.70. The Hall–Kier alpha value is -2.82. The van der Waals surface area contributed by atoms with E-state index >= 15 is 0 Å². The van der Waals surface area contributed by atoms with Crippen molar-refractivity contribution in [1.82, 2.24) is 0 Å². The lowest BCUT2D eigenvalue weighted by Gasteiger charge is -2.10. The molecule has 0 aliphatic rings. The van der Waals surface area contributed by atoms with Gasteiger partial charge in [-0.2, -0.15) is 0 Å². The number of anilines is 3. The smallest absolute Gasteiger partial charge is 0.243 e. The van der Waals surface area contributed by atoms with Gasteiger partial charge in [0, 0.05) is 23.5 Å². The van der Waals surface area contributed by atoms with Crippen LogP contribution in [0.4, 0.5) is 17.1 Å². The molecule has 0 heterocycles. The third-order valence-corrected chi connectivity index (χ3v) is 3.43. The molecular formula is C19H23N3O2. The van der Waals surface area contributed by atoms with Crippen molar-refractivity contribution in [3.63, 3.8) is 0 Å². The van der Waals surface area contributed by atoms with Gasteiger partial charge in [-0.25, -0.2) is 0 Å². The van der Waals surface area contributed by atoms with Crippen LogP contribution in [0.1, 0.15) is 24.5 Å². The summed E-state index contributed by atoms with van der Waals surface area (Å²) in [7, 11) is 0. The third-order valence-electron chi connectivity index (χ3n) is 3.43. The van der Waals surface area contributed by atoms with E-state index in [4.69, 9.17) is 0 Å². The molecule has 0 aliphatic carbocycles. The quantitative estimate of drug-likeness (QED) is 0.758. The molecule has 0 unspecified atom stereocenters. The van der Waals surface area contributed by atoms with Crippen LogP contribution in [-0.4, -0.2) is 18.4 Å². The fourth-order valence-corrected chi connectivity index (χ4v) is 2.39. The molecule has 2 amide bonds. The van der Waals surface area contributed by atoms with Gasteiger partial charge in [0.2, 0.25) is 11.8 Å². The Kier molecular flexibility index (Phi) is 5.95. The van der Waals surface area contributed by atoms with Crippen molar-refractivity contribution < 1.29 is 9.59 Å². The largest absolute Gasteiger partial charge is 0.376 e. The second-order valence-electron chi connectivity index (χ2n) is 5.76. The first-order valence-corrected chi connectivity index (χ1v) is 7.98. The summed E-state index contributed by atoms with van der Waals surface area (Å²) in [6.07, 6.45) is 0.413. The van der Waals surface area contributed by atoms with Crippen LogP contribution in [0.5, 0.6) is 0 Å². The molecule has 3 N–H and O–H groups in total. The summed E-state index contributed by atoms with van der Waals surface area (Å²) < 4.78 is 0. The number of hydrogen-bond acceptors (Lipinski definition) is 3. The Balaban J connectivity index is 1.92. The minimum Gasteiger partial charge on any atom is -0.376 e. The zero-order valence-electron chi connectivity index (χ0n) is 14.3. The highest BCUT2D eigenvalue weighted by atomic mass is 16.2. The molecule has 0 saturated carbocycles. The van der Waals surface area contributed by atoms with Crippen molar-refractivity contribution in [1.29, 1.82) is 0 Å². The number of nitrogens with one attached hydrogen (secondary N) is 3. The highest BCUT2D eigenvalue weighted by molar-refractivity contribution is 5.95. The molecule has 0 aliphatic heterocycles. The molecule has 5 heteroatoms. The van der Waals surface area contributed by atoms with Gasteiger partial charge in [0.25, 0.3) is 0 Å². The van der Waals surface area contributed by atoms with Crippen LogP contribution in [0.15, 0.2) is 42.5 Å². The van der Waals surface area contributed by atoms with Gasteiger partial charge in [-0.1, -0.05) is 19.1 Å². The Bertz CT molecular complexity index is 721. The Morgan fingerprint density at radius 2 is 1.42 bits per heavy atom. The first kappa shape index (κ1) is 17.5. The van der Waals surface area contributed by atoms with Gasteiger partial charge < -0.3 is 16.0 Å². The molecule has 0 radical (unpaired) electrons. The fraction of sp³-hybridized carbons (Fsp3) is 0.263. The minimum atomic E-state index is -0.145.